The zero-order chi connectivity index (χ0) is 9.99. The second-order valence-corrected chi connectivity index (χ2v) is 4.36. The van der Waals surface area contributed by atoms with Gasteiger partial charge in [-0.25, -0.2) is 0 Å². The maximum atomic E-state index is 11.2. The van der Waals surface area contributed by atoms with Crippen LogP contribution in [0.2, 0.25) is 5.21 Å². The maximum absolute atomic E-state index is 11.2. The molecule has 0 aliphatic heterocycles. The number of aliphatic hydroxyl groups is 1. The Bertz CT molecular complexity index is 174. The highest BCUT2D eigenvalue weighted by atomic mass is 16.5. The summed E-state index contributed by atoms with van der Waals surface area (Å²) in [5.74, 6) is -0.287. The van der Waals surface area contributed by atoms with Crippen LogP contribution in [0.1, 0.15) is 6.42 Å². The van der Waals surface area contributed by atoms with Gasteiger partial charge in [0.05, 0.1) is 7.11 Å². The third-order valence-corrected chi connectivity index (χ3v) is 1.61. The minimum Gasteiger partial charge on any atom is -0.470 e. The summed E-state index contributed by atoms with van der Waals surface area (Å²) >= 11 is 0. The highest BCUT2D eigenvalue weighted by Crippen LogP contribution is 2.27. The fourth-order valence-corrected chi connectivity index (χ4v) is 1.43. The molecule has 0 aromatic heterocycles. The van der Waals surface area contributed by atoms with Gasteiger partial charge in [0, 0.05) is 10.6 Å². The number of ether oxygens (including phenoxy) is 1. The number of methoxy groups -OCH3 is 1. The predicted octanol–water partition coefficient (Wildman–Crippen LogP) is -4.16. The van der Waals surface area contributed by atoms with Crippen LogP contribution in [-0.4, -0.2) is 55.0 Å². The van der Waals surface area contributed by atoms with E-state index in [4.69, 9.17) is 0 Å². The molecule has 0 aromatic rings. The van der Waals surface area contributed by atoms with Crippen LogP contribution in [0.25, 0.3) is 0 Å². The van der Waals surface area contributed by atoms with Crippen molar-refractivity contribution in [3.8, 4) is 0 Å². The van der Waals surface area contributed by atoms with E-state index in [1.165, 1.54) is 7.11 Å². The van der Waals surface area contributed by atoms with E-state index >= 15 is 0 Å². The minimum absolute atomic E-state index is 0.287. The van der Waals surface area contributed by atoms with E-state index in [0.717, 1.165) is 0 Å². The quantitative estimate of drug-likeness (QED) is 0.341. The van der Waals surface area contributed by atoms with E-state index < -0.39 is 10.6 Å². The summed E-state index contributed by atoms with van der Waals surface area (Å²) < 4.78 is 4.61. The molecule has 3 nitrogen and oxygen atoms in total. The van der Waals surface area contributed by atoms with Crippen molar-refractivity contribution in [3.63, 3.8) is 0 Å². The summed E-state index contributed by atoms with van der Waals surface area (Å²) in [4.78, 5) is 11.2. The Morgan fingerprint density at radius 1 is 1.42 bits per heavy atom. The van der Waals surface area contributed by atoms with Gasteiger partial charge in [0.2, 0.25) is 0 Å². The van der Waals surface area contributed by atoms with Gasteiger partial charge >= 0.3 is 0 Å². The SMILES string of the molecule is BC(B)(O)CC(B)(B)C(=O)OC. The van der Waals surface area contributed by atoms with Crippen LogP contribution in [0.4, 0.5) is 0 Å². The van der Waals surface area contributed by atoms with Crippen molar-refractivity contribution < 1.29 is 14.6 Å². The van der Waals surface area contributed by atoms with Gasteiger partial charge in [-0.1, -0.05) is 0 Å². The Morgan fingerprint density at radius 3 is 2.08 bits per heavy atom. The fraction of sp³-hybridized carbons (Fsp3) is 0.800. The Kier molecular flexibility index (Phi) is 3.51. The average Bonchev–Trinajstić information content (AvgIpc) is 1.80. The lowest BCUT2D eigenvalue weighted by molar-refractivity contribution is -0.142. The maximum Gasteiger partial charge on any atom is 0.295 e. The van der Waals surface area contributed by atoms with Gasteiger partial charge in [-0.2, -0.15) is 0 Å². The Labute approximate surface area is 76.9 Å². The molecule has 0 saturated carbocycles. The van der Waals surface area contributed by atoms with Gasteiger partial charge in [0.15, 0.2) is 0 Å². The molecule has 0 heterocycles. The molecule has 0 radical (unpaired) electrons. The van der Waals surface area contributed by atoms with Gasteiger partial charge in [-0.3, -0.25) is 4.79 Å². The molecule has 12 heavy (non-hydrogen) atoms. The molecule has 0 amide bonds. The molecule has 0 atom stereocenters. The highest BCUT2D eigenvalue weighted by molar-refractivity contribution is 6.51. The summed E-state index contributed by atoms with van der Waals surface area (Å²) in [5.41, 5.74) is 0. The van der Waals surface area contributed by atoms with Crippen molar-refractivity contribution in [1.29, 1.82) is 0 Å². The van der Waals surface area contributed by atoms with Crippen LogP contribution >= 0.6 is 0 Å². The molecule has 0 aromatic carbocycles. The van der Waals surface area contributed by atoms with E-state index in [1.807, 2.05) is 0 Å². The Balaban J connectivity index is 4.32. The number of hydrogen-bond donors (Lipinski definition) is 1. The van der Waals surface area contributed by atoms with Crippen LogP contribution in [-0.2, 0) is 9.53 Å². The van der Waals surface area contributed by atoms with Crippen LogP contribution in [0.3, 0.4) is 0 Å². The second kappa shape index (κ2) is 3.60. The zero-order valence-electron chi connectivity index (χ0n) is 8.47. The van der Waals surface area contributed by atoms with Gasteiger partial charge in [-0.15, -0.1) is 0 Å². The molecular weight excluding hydrogens is 151 g/mol. The zero-order valence-corrected chi connectivity index (χ0v) is 8.47. The first kappa shape index (κ1) is 11.7. The van der Waals surface area contributed by atoms with E-state index in [1.54, 1.807) is 31.4 Å². The molecule has 1 N–H and O–H groups in total. The molecule has 0 unspecified atom stereocenters. The summed E-state index contributed by atoms with van der Waals surface area (Å²) in [6.07, 6.45) is 0.396. The van der Waals surface area contributed by atoms with Gasteiger partial charge < -0.3 is 9.84 Å². The molecule has 0 rings (SSSR count). The normalized spacial score (nSPS) is 12.5. The van der Waals surface area contributed by atoms with E-state index in [0.29, 0.717) is 6.42 Å². The third-order valence-electron chi connectivity index (χ3n) is 1.61. The molecule has 0 saturated heterocycles. The first-order valence-corrected chi connectivity index (χ1v) is 4.00. The molecule has 0 bridgehead atoms. The predicted molar refractivity (Wildman–Crippen MR) is 58.5 cm³/mol. The average molecular weight is 165 g/mol. The van der Waals surface area contributed by atoms with Crippen molar-refractivity contribution in [2.75, 3.05) is 7.11 Å². The lowest BCUT2D eigenvalue weighted by Crippen LogP contribution is -2.39. The second-order valence-electron chi connectivity index (χ2n) is 4.36. The summed E-state index contributed by atoms with van der Waals surface area (Å²) in [5, 5.41) is 8.04. The molecule has 0 aliphatic carbocycles. The highest BCUT2D eigenvalue weighted by Gasteiger charge is 2.33. The number of hydrogen-bond acceptors (Lipinski definition) is 3. The first-order chi connectivity index (χ1) is 5.19. The molecule has 0 fully saturated rings. The summed E-state index contributed by atoms with van der Waals surface area (Å²) in [7, 11) is 8.23. The van der Waals surface area contributed by atoms with Crippen molar-refractivity contribution in [1.82, 2.24) is 0 Å². The number of carbonyl (C=O) groups excluding carboxylic acids is 1. The Hall–Kier alpha value is -0.310. The smallest absolute Gasteiger partial charge is 0.295 e. The summed E-state index contributed by atoms with van der Waals surface area (Å²) in [6, 6.07) is 0. The Morgan fingerprint density at radius 2 is 1.83 bits per heavy atom. The largest absolute Gasteiger partial charge is 0.470 e. The molecule has 0 spiro atoms. The van der Waals surface area contributed by atoms with Crippen molar-refractivity contribution in [2.45, 2.75) is 17.0 Å². The molecule has 64 valence electrons. The van der Waals surface area contributed by atoms with Crippen LogP contribution in [0, 0.1) is 0 Å². The third kappa shape index (κ3) is 3.90. The lowest BCUT2D eigenvalue weighted by atomic mass is 9.45. The van der Waals surface area contributed by atoms with E-state index in [2.05, 4.69) is 4.74 Å². The fourth-order valence-electron chi connectivity index (χ4n) is 1.43. The van der Waals surface area contributed by atoms with Gasteiger partial charge in [0.25, 0.3) is 5.97 Å². The molecular formula is C5H14B4O3. The van der Waals surface area contributed by atoms with Crippen LogP contribution in [0.5, 0.6) is 0 Å². The standard InChI is InChI=1S/C5H14B4O3/c1-12-3(10)4(6,7)2-5(8,9)11/h11H,2,6-9H2,1H3. The number of rotatable bonds is 3. The van der Waals surface area contributed by atoms with Crippen molar-refractivity contribution in [3.05, 3.63) is 0 Å². The van der Waals surface area contributed by atoms with E-state index in [-0.39, 0.29) is 5.97 Å². The molecule has 7 heteroatoms. The number of esters is 1. The lowest BCUT2D eigenvalue weighted by Gasteiger charge is -2.29. The first-order valence-electron chi connectivity index (χ1n) is 4.00. The van der Waals surface area contributed by atoms with Gasteiger partial charge in [-0.05, 0) is 6.42 Å². The van der Waals surface area contributed by atoms with Gasteiger partial charge in [0.1, 0.15) is 31.4 Å². The van der Waals surface area contributed by atoms with E-state index in [9.17, 15) is 9.90 Å². The van der Waals surface area contributed by atoms with Crippen LogP contribution < -0.4 is 0 Å². The van der Waals surface area contributed by atoms with Crippen LogP contribution in [0.15, 0.2) is 0 Å². The minimum atomic E-state index is -0.836. The topological polar surface area (TPSA) is 46.5 Å². The monoisotopic (exact) mass is 166 g/mol. The van der Waals surface area contributed by atoms with Crippen molar-refractivity contribution in [2.24, 2.45) is 0 Å². The number of carbonyl (C=O) groups is 1. The van der Waals surface area contributed by atoms with Crippen molar-refractivity contribution >= 4 is 37.4 Å². The summed E-state index contributed by atoms with van der Waals surface area (Å²) in [6.45, 7) is 0. The molecule has 0 aliphatic rings.